The molecule has 86 valence electrons. The highest BCUT2D eigenvalue weighted by atomic mass is 16.2. The van der Waals surface area contributed by atoms with Crippen molar-refractivity contribution in [2.75, 3.05) is 6.54 Å². The third-order valence-electron chi connectivity index (χ3n) is 1.85. The molecule has 0 unspecified atom stereocenters. The monoisotopic (exact) mass is 211 g/mol. The summed E-state index contributed by atoms with van der Waals surface area (Å²) in [7, 11) is 0. The van der Waals surface area contributed by atoms with E-state index < -0.39 is 0 Å². The van der Waals surface area contributed by atoms with Gasteiger partial charge in [-0.1, -0.05) is 27.7 Å². The Bertz CT molecular complexity index is 305. The van der Waals surface area contributed by atoms with E-state index in [1.807, 2.05) is 34.6 Å². The van der Waals surface area contributed by atoms with E-state index in [0.29, 0.717) is 12.2 Å². The van der Waals surface area contributed by atoms with Crippen molar-refractivity contribution in [3.05, 3.63) is 17.5 Å². The van der Waals surface area contributed by atoms with Gasteiger partial charge in [-0.25, -0.2) is 0 Å². The van der Waals surface area contributed by atoms with Crippen LogP contribution >= 0.6 is 0 Å². The van der Waals surface area contributed by atoms with Crippen molar-refractivity contribution in [1.82, 2.24) is 15.1 Å². The van der Waals surface area contributed by atoms with Gasteiger partial charge in [0.25, 0.3) is 5.91 Å². The summed E-state index contributed by atoms with van der Waals surface area (Å²) in [5.41, 5.74) is 1.65. The predicted octanol–water partition coefficient (Wildman–Crippen LogP) is 1.99. The Morgan fingerprint density at radius 1 is 1.33 bits per heavy atom. The molecule has 0 aromatic carbocycles. The van der Waals surface area contributed by atoms with E-state index in [1.165, 1.54) is 0 Å². The lowest BCUT2D eigenvalue weighted by Crippen LogP contribution is -2.35. The summed E-state index contributed by atoms with van der Waals surface area (Å²) in [6.45, 7) is 11.4. The number of amides is 1. The van der Waals surface area contributed by atoms with Crippen LogP contribution in [0.15, 0.2) is 6.20 Å². The van der Waals surface area contributed by atoms with E-state index >= 15 is 0 Å². The first-order chi connectivity index (χ1) is 7.29. The van der Waals surface area contributed by atoms with Crippen molar-refractivity contribution in [3.63, 3.8) is 0 Å². The topological polar surface area (TPSA) is 46.9 Å². The molecule has 1 amide bonds. The predicted molar refractivity (Wildman–Crippen MR) is 62.0 cm³/mol. The maximum atomic E-state index is 11.2. The maximum absolute atomic E-state index is 11.2. The van der Waals surface area contributed by atoms with Crippen molar-refractivity contribution in [3.8, 4) is 0 Å². The number of nitrogens with zero attached hydrogens (tertiary/aromatic N) is 2. The Kier molecular flexibility index (Phi) is 6.42. The van der Waals surface area contributed by atoms with E-state index in [1.54, 1.807) is 10.9 Å². The van der Waals surface area contributed by atoms with Gasteiger partial charge in [0.1, 0.15) is 5.69 Å². The number of hydrogen-bond donors (Lipinski definition) is 1. The van der Waals surface area contributed by atoms with Crippen molar-refractivity contribution >= 4 is 5.91 Å². The van der Waals surface area contributed by atoms with Crippen LogP contribution in [0.5, 0.6) is 0 Å². The molecule has 0 bridgehead atoms. The number of aromatic nitrogens is 2. The van der Waals surface area contributed by atoms with E-state index in [2.05, 4.69) is 10.4 Å². The number of nitrogens with one attached hydrogen (secondary N) is 1. The molecular weight excluding hydrogens is 190 g/mol. The van der Waals surface area contributed by atoms with Gasteiger partial charge in [0, 0.05) is 6.54 Å². The lowest BCUT2D eigenvalue weighted by Gasteiger charge is -2.14. The minimum absolute atomic E-state index is 0.00810. The molecule has 1 aromatic rings. The molecule has 0 saturated heterocycles. The van der Waals surface area contributed by atoms with E-state index in [9.17, 15) is 4.79 Å². The number of rotatable bonds is 0. The highest BCUT2D eigenvalue weighted by Gasteiger charge is 2.18. The zero-order chi connectivity index (χ0) is 11.8. The number of hydrogen-bond acceptors (Lipinski definition) is 2. The van der Waals surface area contributed by atoms with Crippen LogP contribution in [-0.2, 0) is 6.54 Å². The normalized spacial score (nSPS) is 12.5. The fourth-order valence-corrected chi connectivity index (χ4v) is 1.30. The Balaban J connectivity index is 0.000000442. The maximum Gasteiger partial charge on any atom is 0.269 e. The fraction of sp³-hybridized carbons (Fsp3) is 0.636. The molecule has 0 radical (unpaired) electrons. The minimum atomic E-state index is -0.00810. The van der Waals surface area contributed by atoms with Crippen molar-refractivity contribution in [1.29, 1.82) is 0 Å². The Hall–Kier alpha value is -1.32. The fourth-order valence-electron chi connectivity index (χ4n) is 1.30. The number of carbonyl (C=O) groups excluding carboxylic acids is 1. The van der Waals surface area contributed by atoms with E-state index in [4.69, 9.17) is 0 Å². The second-order valence-corrected chi connectivity index (χ2v) is 2.66. The molecule has 4 nitrogen and oxygen atoms in total. The van der Waals surface area contributed by atoms with Crippen LogP contribution in [-0.4, -0.2) is 22.2 Å². The quantitative estimate of drug-likeness (QED) is 0.713. The van der Waals surface area contributed by atoms with Crippen molar-refractivity contribution < 1.29 is 4.79 Å². The van der Waals surface area contributed by atoms with E-state index in [-0.39, 0.29) is 5.91 Å². The number of carbonyl (C=O) groups is 1. The Morgan fingerprint density at radius 3 is 2.47 bits per heavy atom. The van der Waals surface area contributed by atoms with Crippen LogP contribution in [0.4, 0.5) is 0 Å². The second-order valence-electron chi connectivity index (χ2n) is 2.66. The van der Waals surface area contributed by atoms with Gasteiger partial charge in [-0.15, -0.1) is 0 Å². The summed E-state index contributed by atoms with van der Waals surface area (Å²) in [6.07, 6.45) is 1.72. The average molecular weight is 211 g/mol. The van der Waals surface area contributed by atoms with Gasteiger partial charge in [-0.05, 0) is 12.5 Å². The van der Waals surface area contributed by atoms with Crippen molar-refractivity contribution in [2.45, 2.75) is 41.2 Å². The largest absolute Gasteiger partial charge is 0.349 e. The summed E-state index contributed by atoms with van der Waals surface area (Å²) in [5, 5.41) is 6.83. The summed E-state index contributed by atoms with van der Waals surface area (Å²) >= 11 is 0. The Labute approximate surface area is 91.7 Å². The van der Waals surface area contributed by atoms with Gasteiger partial charge < -0.3 is 5.32 Å². The van der Waals surface area contributed by atoms with Gasteiger partial charge in [-0.2, -0.15) is 5.10 Å². The van der Waals surface area contributed by atoms with Crippen LogP contribution in [0.3, 0.4) is 0 Å². The lowest BCUT2D eigenvalue weighted by atomic mass is 10.2. The minimum Gasteiger partial charge on any atom is -0.349 e. The van der Waals surface area contributed by atoms with Crippen LogP contribution in [0.1, 0.15) is 43.7 Å². The third-order valence-corrected chi connectivity index (χ3v) is 1.85. The molecule has 0 fully saturated rings. The molecule has 0 atom stereocenters. The van der Waals surface area contributed by atoms with Gasteiger partial charge in [0.05, 0.1) is 12.7 Å². The molecule has 1 aliphatic rings. The van der Waals surface area contributed by atoms with Gasteiger partial charge in [-0.3, -0.25) is 9.48 Å². The first-order valence-corrected chi connectivity index (χ1v) is 5.59. The second kappa shape index (κ2) is 7.04. The summed E-state index contributed by atoms with van der Waals surface area (Å²) < 4.78 is 1.74. The van der Waals surface area contributed by atoms with E-state index in [0.717, 1.165) is 12.1 Å². The summed E-state index contributed by atoms with van der Waals surface area (Å²) in [4.78, 5) is 11.2. The first kappa shape index (κ1) is 13.7. The molecule has 2 rings (SSSR count). The van der Waals surface area contributed by atoms with Gasteiger partial charge in [0.2, 0.25) is 0 Å². The molecule has 2 heterocycles. The zero-order valence-corrected chi connectivity index (χ0v) is 10.3. The highest BCUT2D eigenvalue weighted by Crippen LogP contribution is 2.08. The molecule has 1 aliphatic heterocycles. The molecule has 0 spiro atoms. The third kappa shape index (κ3) is 3.08. The first-order valence-electron chi connectivity index (χ1n) is 5.59. The Morgan fingerprint density at radius 2 is 1.93 bits per heavy atom. The smallest absolute Gasteiger partial charge is 0.269 e. The average Bonchev–Trinajstić information content (AvgIpc) is 2.68. The molecule has 1 N–H and O–H groups in total. The molecular formula is C11H21N3O. The van der Waals surface area contributed by atoms with Crippen molar-refractivity contribution in [2.24, 2.45) is 0 Å². The number of fused-ring (bicyclic) bond motifs is 1. The highest BCUT2D eigenvalue weighted by molar-refractivity contribution is 5.94. The molecule has 4 heteroatoms. The molecule has 0 saturated carbocycles. The molecule has 1 aromatic heterocycles. The van der Waals surface area contributed by atoms with Crippen LogP contribution < -0.4 is 5.32 Å². The van der Waals surface area contributed by atoms with Crippen LogP contribution in [0.25, 0.3) is 0 Å². The molecule has 0 aliphatic carbocycles. The summed E-state index contributed by atoms with van der Waals surface area (Å²) in [5.74, 6) is -0.00810. The number of aryl methyl sites for hydroxylation is 1. The van der Waals surface area contributed by atoms with Gasteiger partial charge >= 0.3 is 0 Å². The summed E-state index contributed by atoms with van der Waals surface area (Å²) in [6, 6.07) is 0. The van der Waals surface area contributed by atoms with Crippen LogP contribution in [0.2, 0.25) is 0 Å². The zero-order valence-electron chi connectivity index (χ0n) is 10.3. The standard InChI is InChI=1S/C7H9N3O.2C2H6/c1-5-4-9-10-3-2-8-7(11)6(5)10;2*1-2/h4H,2-3H2,1H3,(H,8,11);2*1-2H3. The lowest BCUT2D eigenvalue weighted by molar-refractivity contribution is 0.0923. The van der Waals surface area contributed by atoms with Crippen LogP contribution in [0, 0.1) is 6.92 Å². The SMILES string of the molecule is CC.CC.Cc1cnn2c1C(=O)NCC2. The van der Waals surface area contributed by atoms with Gasteiger partial charge in [0.15, 0.2) is 0 Å². The molecule has 15 heavy (non-hydrogen) atoms.